The maximum absolute atomic E-state index is 13.2. The van der Waals surface area contributed by atoms with Crippen molar-refractivity contribution in [2.45, 2.75) is 9.46 Å². The predicted molar refractivity (Wildman–Crippen MR) is 106 cm³/mol. The monoisotopic (exact) mass is 415 g/mol. The minimum atomic E-state index is -3.70. The highest BCUT2D eigenvalue weighted by Gasteiger charge is 2.32. The van der Waals surface area contributed by atoms with E-state index in [9.17, 15) is 13.2 Å². The molecule has 1 N–H and O–H groups in total. The zero-order valence-corrected chi connectivity index (χ0v) is 16.3. The summed E-state index contributed by atoms with van der Waals surface area (Å²) in [4.78, 5) is 12.4. The molecule has 4 rings (SSSR count). The highest BCUT2D eigenvalue weighted by molar-refractivity contribution is 7.93. The van der Waals surface area contributed by atoms with E-state index in [0.717, 1.165) is 11.3 Å². The number of carbonyl (C=O) groups is 1. The molecule has 0 aliphatic carbocycles. The number of amides is 1. The van der Waals surface area contributed by atoms with Crippen molar-refractivity contribution >= 4 is 27.1 Å². The lowest BCUT2D eigenvalue weighted by atomic mass is 10.1. The Morgan fingerprint density at radius 1 is 1.04 bits per heavy atom. The Kier molecular flexibility index (Phi) is 5.06. The Bertz CT molecular complexity index is 1080. The van der Waals surface area contributed by atoms with Crippen LogP contribution in [0.1, 0.15) is 21.2 Å². The van der Waals surface area contributed by atoms with E-state index in [0.29, 0.717) is 22.6 Å². The molecule has 28 heavy (non-hydrogen) atoms. The molecule has 0 saturated carbocycles. The number of benzene rings is 2. The fourth-order valence-electron chi connectivity index (χ4n) is 2.96. The van der Waals surface area contributed by atoms with E-state index < -0.39 is 15.1 Å². The number of ether oxygens (including phenoxy) is 2. The molecular weight excluding hydrogens is 398 g/mol. The van der Waals surface area contributed by atoms with Gasteiger partial charge in [0.2, 0.25) is 6.79 Å². The van der Waals surface area contributed by atoms with Crippen molar-refractivity contribution in [3.05, 3.63) is 77.2 Å². The Labute approximate surface area is 166 Å². The topological polar surface area (TPSA) is 81.7 Å². The van der Waals surface area contributed by atoms with Crippen LogP contribution in [-0.2, 0) is 9.84 Å². The van der Waals surface area contributed by atoms with Crippen molar-refractivity contribution < 1.29 is 22.7 Å². The van der Waals surface area contributed by atoms with Crippen molar-refractivity contribution in [2.24, 2.45) is 0 Å². The molecule has 144 valence electrons. The van der Waals surface area contributed by atoms with Crippen LogP contribution >= 0.6 is 11.3 Å². The largest absolute Gasteiger partial charge is 0.454 e. The molecule has 1 amide bonds. The fourth-order valence-corrected chi connectivity index (χ4v) is 5.82. The summed E-state index contributed by atoms with van der Waals surface area (Å²) in [5.41, 5.74) is 1.01. The van der Waals surface area contributed by atoms with Crippen LogP contribution < -0.4 is 14.8 Å². The molecule has 1 aliphatic rings. The molecule has 0 unspecified atom stereocenters. The van der Waals surface area contributed by atoms with Crippen molar-refractivity contribution in [2.75, 3.05) is 13.3 Å². The summed E-state index contributed by atoms with van der Waals surface area (Å²) in [6, 6.07) is 17.0. The summed E-state index contributed by atoms with van der Waals surface area (Å²) in [7, 11) is -3.70. The van der Waals surface area contributed by atoms with Gasteiger partial charge in [0.25, 0.3) is 5.91 Å². The number of nitrogens with one attached hydrogen (secondary N) is 1. The third kappa shape index (κ3) is 3.61. The highest BCUT2D eigenvalue weighted by Crippen LogP contribution is 2.38. The highest BCUT2D eigenvalue weighted by atomic mass is 32.2. The van der Waals surface area contributed by atoms with E-state index in [4.69, 9.17) is 9.47 Å². The number of thiophene rings is 1. The minimum absolute atomic E-state index is 0.0619. The summed E-state index contributed by atoms with van der Waals surface area (Å²) in [5.74, 6) is 0.746. The normalized spacial score (nSPS) is 13.9. The van der Waals surface area contributed by atoms with Crippen LogP contribution in [0.4, 0.5) is 0 Å². The average Bonchev–Trinajstić information content (AvgIpc) is 3.40. The van der Waals surface area contributed by atoms with E-state index >= 15 is 0 Å². The summed E-state index contributed by atoms with van der Waals surface area (Å²) < 4.78 is 37.4. The molecule has 0 bridgehead atoms. The van der Waals surface area contributed by atoms with Crippen LogP contribution in [-0.4, -0.2) is 27.7 Å². The molecule has 1 aliphatic heterocycles. The van der Waals surface area contributed by atoms with Crippen LogP contribution in [0.5, 0.6) is 11.5 Å². The molecule has 3 aromatic rings. The van der Waals surface area contributed by atoms with Gasteiger partial charge < -0.3 is 14.8 Å². The second-order valence-electron chi connectivity index (χ2n) is 6.15. The molecule has 0 spiro atoms. The minimum Gasteiger partial charge on any atom is -0.454 e. The molecule has 1 aromatic heterocycles. The van der Waals surface area contributed by atoms with E-state index in [-0.39, 0.29) is 23.5 Å². The zero-order valence-electron chi connectivity index (χ0n) is 14.7. The summed E-state index contributed by atoms with van der Waals surface area (Å²) in [6.45, 7) is 0.0411. The number of carbonyl (C=O) groups excluding carboxylic acids is 1. The van der Waals surface area contributed by atoms with Gasteiger partial charge in [-0.25, -0.2) is 8.42 Å². The van der Waals surface area contributed by atoms with Crippen LogP contribution in [0.2, 0.25) is 0 Å². The summed E-state index contributed by atoms with van der Waals surface area (Å²) >= 11 is 1.15. The van der Waals surface area contributed by atoms with Crippen LogP contribution in [0, 0.1) is 0 Å². The third-order valence-corrected chi connectivity index (χ3v) is 7.93. The van der Waals surface area contributed by atoms with Gasteiger partial charge in [-0.1, -0.05) is 30.3 Å². The first-order valence-corrected chi connectivity index (χ1v) is 11.0. The van der Waals surface area contributed by atoms with Crippen molar-refractivity contribution in [3.63, 3.8) is 0 Å². The van der Waals surface area contributed by atoms with Crippen LogP contribution in [0.15, 0.2) is 70.3 Å². The van der Waals surface area contributed by atoms with Gasteiger partial charge in [-0.05, 0) is 41.3 Å². The van der Waals surface area contributed by atoms with Gasteiger partial charge in [0.1, 0.15) is 9.46 Å². The van der Waals surface area contributed by atoms with Crippen molar-refractivity contribution in [3.8, 4) is 11.5 Å². The molecule has 2 heterocycles. The standard InChI is InChI=1S/C20H17NO5S2/c22-20(14-5-2-1-3-6-14)21-12-18(28(23,24)19-7-4-10-27-19)15-8-9-16-17(11-15)26-13-25-16/h1-11,18H,12-13H2,(H,21,22)/t18-/m1/s1. The summed E-state index contributed by atoms with van der Waals surface area (Å²) in [5, 5.41) is 3.51. The van der Waals surface area contributed by atoms with Crippen LogP contribution in [0.3, 0.4) is 0 Å². The quantitative estimate of drug-likeness (QED) is 0.667. The van der Waals surface area contributed by atoms with Crippen LogP contribution in [0.25, 0.3) is 0 Å². The maximum atomic E-state index is 13.2. The molecule has 0 radical (unpaired) electrons. The van der Waals surface area contributed by atoms with Crippen molar-refractivity contribution in [1.29, 1.82) is 0 Å². The Balaban J connectivity index is 1.65. The number of hydrogen-bond acceptors (Lipinski definition) is 6. The molecule has 2 aromatic carbocycles. The maximum Gasteiger partial charge on any atom is 0.251 e. The van der Waals surface area contributed by atoms with Gasteiger partial charge in [-0.2, -0.15) is 0 Å². The Morgan fingerprint density at radius 2 is 1.82 bits per heavy atom. The Hall–Kier alpha value is -2.84. The van der Waals surface area contributed by atoms with E-state index in [1.165, 1.54) is 0 Å². The first kappa shape index (κ1) is 18.5. The zero-order chi connectivity index (χ0) is 19.6. The lowest BCUT2D eigenvalue weighted by Gasteiger charge is -2.18. The fraction of sp³-hybridized carbons (Fsp3) is 0.150. The smallest absolute Gasteiger partial charge is 0.251 e. The van der Waals surface area contributed by atoms with E-state index in [1.54, 1.807) is 60.0 Å². The van der Waals surface area contributed by atoms with Gasteiger partial charge in [-0.15, -0.1) is 11.3 Å². The molecule has 6 nitrogen and oxygen atoms in total. The Morgan fingerprint density at radius 3 is 2.57 bits per heavy atom. The first-order valence-electron chi connectivity index (χ1n) is 8.56. The van der Waals surface area contributed by atoms with Gasteiger partial charge in [-0.3, -0.25) is 4.79 Å². The lowest BCUT2D eigenvalue weighted by molar-refractivity contribution is 0.0953. The lowest BCUT2D eigenvalue weighted by Crippen LogP contribution is -2.31. The van der Waals surface area contributed by atoms with Gasteiger partial charge in [0.15, 0.2) is 21.3 Å². The second-order valence-corrected chi connectivity index (χ2v) is 9.46. The van der Waals surface area contributed by atoms with Crippen molar-refractivity contribution in [1.82, 2.24) is 5.32 Å². The molecule has 1 atom stereocenters. The SMILES string of the molecule is O=C(NC[C@H](c1ccc2c(c1)OCO2)S(=O)(=O)c1cccs1)c1ccccc1. The molecule has 8 heteroatoms. The average molecular weight is 415 g/mol. The summed E-state index contributed by atoms with van der Waals surface area (Å²) in [6.07, 6.45) is 0. The number of fused-ring (bicyclic) bond motifs is 1. The van der Waals surface area contributed by atoms with Gasteiger partial charge >= 0.3 is 0 Å². The number of sulfone groups is 1. The van der Waals surface area contributed by atoms with Gasteiger partial charge in [0.05, 0.1) is 0 Å². The molecule has 0 fully saturated rings. The molecular formula is C20H17NO5S2. The second kappa shape index (κ2) is 7.65. The molecule has 0 saturated heterocycles. The van der Waals surface area contributed by atoms with Gasteiger partial charge in [0, 0.05) is 12.1 Å². The number of rotatable bonds is 6. The van der Waals surface area contributed by atoms with E-state index in [1.807, 2.05) is 6.07 Å². The predicted octanol–water partition coefficient (Wildman–Crippen LogP) is 3.42. The first-order chi connectivity index (χ1) is 13.6. The number of hydrogen-bond donors (Lipinski definition) is 1. The third-order valence-electron chi connectivity index (χ3n) is 4.40. The van der Waals surface area contributed by atoms with E-state index in [2.05, 4.69) is 5.32 Å².